The highest BCUT2D eigenvalue weighted by molar-refractivity contribution is 5.85. The average molecular weight is 282 g/mol. The summed E-state index contributed by atoms with van der Waals surface area (Å²) in [7, 11) is 3.85. The number of nitrogens with zero attached hydrogens (tertiary/aromatic N) is 1. The third-order valence-corrected chi connectivity index (χ3v) is 2.89. The Hall–Kier alpha value is -1.62. The lowest BCUT2D eigenvalue weighted by molar-refractivity contribution is 0.0635. The second-order valence-electron chi connectivity index (χ2n) is 6.01. The molecule has 112 valence electrons. The van der Waals surface area contributed by atoms with Crippen LogP contribution in [0, 0.1) is 5.82 Å². The summed E-state index contributed by atoms with van der Waals surface area (Å²) in [6.07, 6.45) is -0.662. The van der Waals surface area contributed by atoms with Gasteiger partial charge in [-0.15, -0.1) is 0 Å². The van der Waals surface area contributed by atoms with Gasteiger partial charge in [0.25, 0.3) is 0 Å². The zero-order chi connectivity index (χ0) is 15.5. The number of benzene rings is 1. The van der Waals surface area contributed by atoms with E-state index in [9.17, 15) is 9.18 Å². The van der Waals surface area contributed by atoms with E-state index in [1.807, 2.05) is 25.9 Å². The highest BCUT2D eigenvalue weighted by atomic mass is 19.1. The van der Waals surface area contributed by atoms with Crippen molar-refractivity contribution in [2.45, 2.75) is 39.3 Å². The summed E-state index contributed by atoms with van der Waals surface area (Å²) in [4.78, 5) is 13.6. The van der Waals surface area contributed by atoms with Crippen LogP contribution < -0.4 is 5.32 Å². The molecule has 0 bridgehead atoms. The van der Waals surface area contributed by atoms with Crippen LogP contribution in [0.2, 0.25) is 0 Å². The van der Waals surface area contributed by atoms with Crippen LogP contribution in [0.4, 0.5) is 14.9 Å². The van der Waals surface area contributed by atoms with Gasteiger partial charge in [-0.3, -0.25) is 5.32 Å². The van der Waals surface area contributed by atoms with Gasteiger partial charge in [-0.05, 0) is 59.5 Å². The Bertz CT molecular complexity index is 481. The van der Waals surface area contributed by atoms with Gasteiger partial charge in [0, 0.05) is 6.04 Å². The van der Waals surface area contributed by atoms with Crippen molar-refractivity contribution in [3.63, 3.8) is 0 Å². The van der Waals surface area contributed by atoms with Crippen molar-refractivity contribution in [3.8, 4) is 0 Å². The van der Waals surface area contributed by atoms with E-state index >= 15 is 0 Å². The highest BCUT2D eigenvalue weighted by Gasteiger charge is 2.18. The van der Waals surface area contributed by atoms with E-state index in [-0.39, 0.29) is 11.7 Å². The molecule has 0 aliphatic heterocycles. The molecule has 0 fully saturated rings. The van der Waals surface area contributed by atoms with Gasteiger partial charge in [0.2, 0.25) is 0 Å². The molecule has 0 aliphatic rings. The number of carbonyl (C=O) groups excluding carboxylic acids is 1. The number of ether oxygens (including phenoxy) is 1. The lowest BCUT2D eigenvalue weighted by atomic mass is 10.1. The highest BCUT2D eigenvalue weighted by Crippen LogP contribution is 2.23. The number of rotatable bonds is 3. The monoisotopic (exact) mass is 282 g/mol. The van der Waals surface area contributed by atoms with Gasteiger partial charge in [0.1, 0.15) is 11.4 Å². The minimum Gasteiger partial charge on any atom is -0.444 e. The first-order valence-corrected chi connectivity index (χ1v) is 6.56. The molecule has 1 unspecified atom stereocenters. The first-order valence-electron chi connectivity index (χ1n) is 6.56. The van der Waals surface area contributed by atoms with Crippen LogP contribution in [0.5, 0.6) is 0 Å². The molecular weight excluding hydrogens is 259 g/mol. The quantitative estimate of drug-likeness (QED) is 0.917. The minimum atomic E-state index is -0.662. The summed E-state index contributed by atoms with van der Waals surface area (Å²) in [6, 6.07) is 4.87. The molecule has 0 spiro atoms. The van der Waals surface area contributed by atoms with Gasteiger partial charge in [0.15, 0.2) is 0 Å². The Labute approximate surface area is 119 Å². The van der Waals surface area contributed by atoms with E-state index in [4.69, 9.17) is 4.74 Å². The number of amides is 1. The second kappa shape index (κ2) is 6.22. The largest absolute Gasteiger partial charge is 0.444 e. The first-order chi connectivity index (χ1) is 9.10. The standard InChI is InChI=1S/C15H23FN2O2/c1-10(18(5)6)11-7-8-13(12(16)9-11)17-14(19)20-15(2,3)4/h7-10H,1-6H3,(H,17,19). The molecule has 4 nitrogen and oxygen atoms in total. The van der Waals surface area contributed by atoms with Gasteiger partial charge in [-0.2, -0.15) is 0 Å². The molecule has 0 aliphatic carbocycles. The maximum Gasteiger partial charge on any atom is 0.412 e. The van der Waals surface area contributed by atoms with Gasteiger partial charge >= 0.3 is 6.09 Å². The summed E-state index contributed by atoms with van der Waals surface area (Å²) < 4.78 is 19.1. The van der Waals surface area contributed by atoms with Crippen LogP contribution >= 0.6 is 0 Å². The van der Waals surface area contributed by atoms with Crippen LogP contribution in [0.25, 0.3) is 0 Å². The number of anilines is 1. The fourth-order valence-corrected chi connectivity index (χ4v) is 1.60. The summed E-state index contributed by atoms with van der Waals surface area (Å²) >= 11 is 0. The molecule has 20 heavy (non-hydrogen) atoms. The van der Waals surface area contributed by atoms with Crippen LogP contribution in [0.3, 0.4) is 0 Å². The van der Waals surface area contributed by atoms with Crippen LogP contribution in [0.15, 0.2) is 18.2 Å². The molecule has 0 radical (unpaired) electrons. The Morgan fingerprint density at radius 2 is 1.95 bits per heavy atom. The fourth-order valence-electron chi connectivity index (χ4n) is 1.60. The van der Waals surface area contributed by atoms with Crippen molar-refractivity contribution in [1.82, 2.24) is 4.90 Å². The molecule has 1 aromatic rings. The normalized spacial score (nSPS) is 13.2. The first kappa shape index (κ1) is 16.4. The molecular formula is C15H23FN2O2. The molecule has 0 saturated heterocycles. The van der Waals surface area contributed by atoms with E-state index in [1.54, 1.807) is 32.9 Å². The van der Waals surface area contributed by atoms with Crippen molar-refractivity contribution in [3.05, 3.63) is 29.6 Å². The van der Waals surface area contributed by atoms with Crippen LogP contribution in [-0.4, -0.2) is 30.7 Å². The summed E-state index contributed by atoms with van der Waals surface area (Å²) in [6.45, 7) is 7.25. The third-order valence-electron chi connectivity index (χ3n) is 2.89. The SMILES string of the molecule is CC(c1ccc(NC(=O)OC(C)(C)C)c(F)c1)N(C)C. The molecule has 1 aromatic carbocycles. The van der Waals surface area contributed by atoms with Gasteiger partial charge < -0.3 is 9.64 Å². The molecule has 5 heteroatoms. The lowest BCUT2D eigenvalue weighted by Crippen LogP contribution is -2.27. The van der Waals surface area contributed by atoms with Crippen LogP contribution in [-0.2, 0) is 4.74 Å². The number of carbonyl (C=O) groups is 1. The topological polar surface area (TPSA) is 41.6 Å². The number of halogens is 1. The molecule has 0 saturated carbocycles. The zero-order valence-electron chi connectivity index (χ0n) is 13.0. The van der Waals surface area contributed by atoms with Crippen molar-refractivity contribution >= 4 is 11.8 Å². The minimum absolute atomic E-state index is 0.0973. The van der Waals surface area contributed by atoms with E-state index < -0.39 is 17.5 Å². The molecule has 1 atom stereocenters. The number of hydrogen-bond donors (Lipinski definition) is 1. The molecule has 1 N–H and O–H groups in total. The maximum absolute atomic E-state index is 14.0. The van der Waals surface area contributed by atoms with Gasteiger partial charge in [0.05, 0.1) is 5.69 Å². The van der Waals surface area contributed by atoms with E-state index in [0.717, 1.165) is 5.56 Å². The van der Waals surface area contributed by atoms with Gasteiger partial charge in [-0.1, -0.05) is 6.07 Å². The van der Waals surface area contributed by atoms with Crippen molar-refractivity contribution in [2.24, 2.45) is 0 Å². The third kappa shape index (κ3) is 4.81. The van der Waals surface area contributed by atoms with E-state index in [2.05, 4.69) is 5.32 Å². The van der Waals surface area contributed by atoms with E-state index in [1.165, 1.54) is 6.07 Å². The Morgan fingerprint density at radius 1 is 1.35 bits per heavy atom. The number of nitrogens with one attached hydrogen (secondary N) is 1. The van der Waals surface area contributed by atoms with Crippen molar-refractivity contribution in [2.75, 3.05) is 19.4 Å². The molecule has 0 heterocycles. The predicted octanol–water partition coefficient (Wildman–Crippen LogP) is 3.80. The lowest BCUT2D eigenvalue weighted by Gasteiger charge is -2.21. The summed E-state index contributed by atoms with van der Waals surface area (Å²) in [5, 5.41) is 2.41. The second-order valence-corrected chi connectivity index (χ2v) is 6.01. The Morgan fingerprint density at radius 3 is 2.40 bits per heavy atom. The molecule has 0 aromatic heterocycles. The molecule has 1 amide bonds. The van der Waals surface area contributed by atoms with E-state index in [0.29, 0.717) is 0 Å². The summed E-state index contributed by atoms with van der Waals surface area (Å²) in [5.74, 6) is -0.470. The van der Waals surface area contributed by atoms with Crippen molar-refractivity contribution in [1.29, 1.82) is 0 Å². The molecule has 1 rings (SSSR count). The zero-order valence-corrected chi connectivity index (χ0v) is 13.0. The van der Waals surface area contributed by atoms with Gasteiger partial charge in [-0.25, -0.2) is 9.18 Å². The maximum atomic E-state index is 14.0. The number of hydrogen-bond acceptors (Lipinski definition) is 3. The van der Waals surface area contributed by atoms with Crippen LogP contribution in [0.1, 0.15) is 39.3 Å². The summed E-state index contributed by atoms with van der Waals surface area (Å²) in [5.41, 5.74) is 0.358. The van der Waals surface area contributed by atoms with Crippen molar-refractivity contribution < 1.29 is 13.9 Å². The Kier molecular flexibility index (Phi) is 5.11. The Balaban J connectivity index is 2.81. The smallest absolute Gasteiger partial charge is 0.412 e. The fraction of sp³-hybridized carbons (Fsp3) is 0.533. The average Bonchev–Trinajstić information content (AvgIpc) is 2.28. The predicted molar refractivity (Wildman–Crippen MR) is 78.4 cm³/mol.